The standard InChI is InChI=1S/C9H16N2O2/c1-5-8(13)11(6-7(10)12)9(2,3)4/h5H,1,6H2,2-4H3,(H2,10,12). The maximum absolute atomic E-state index is 11.3. The molecule has 0 atom stereocenters. The number of nitrogens with zero attached hydrogens (tertiary/aromatic N) is 1. The highest BCUT2D eigenvalue weighted by Gasteiger charge is 2.25. The fourth-order valence-electron chi connectivity index (χ4n) is 0.912. The van der Waals surface area contributed by atoms with Crippen LogP contribution in [0.2, 0.25) is 0 Å². The highest BCUT2D eigenvalue weighted by atomic mass is 16.2. The summed E-state index contributed by atoms with van der Waals surface area (Å²) in [5.41, 5.74) is 4.60. The first-order chi connectivity index (χ1) is 5.79. The van der Waals surface area contributed by atoms with Gasteiger partial charge in [0.1, 0.15) is 6.54 Å². The van der Waals surface area contributed by atoms with E-state index < -0.39 is 11.4 Å². The van der Waals surface area contributed by atoms with Gasteiger partial charge in [-0.2, -0.15) is 0 Å². The summed E-state index contributed by atoms with van der Waals surface area (Å²) in [6.45, 7) is 8.78. The second-order valence-corrected chi connectivity index (χ2v) is 3.77. The topological polar surface area (TPSA) is 63.4 Å². The summed E-state index contributed by atoms with van der Waals surface area (Å²) in [6, 6.07) is 0. The van der Waals surface area contributed by atoms with Crippen molar-refractivity contribution >= 4 is 11.8 Å². The van der Waals surface area contributed by atoms with Gasteiger partial charge in [-0.15, -0.1) is 0 Å². The number of rotatable bonds is 3. The minimum absolute atomic E-state index is 0.0750. The van der Waals surface area contributed by atoms with E-state index in [9.17, 15) is 9.59 Å². The molecule has 2 N–H and O–H groups in total. The Bertz CT molecular complexity index is 228. The number of carbonyl (C=O) groups is 2. The van der Waals surface area contributed by atoms with Crippen LogP contribution in [0.4, 0.5) is 0 Å². The molecule has 0 saturated carbocycles. The molecule has 0 spiro atoms. The van der Waals surface area contributed by atoms with Gasteiger partial charge in [0.05, 0.1) is 0 Å². The zero-order valence-electron chi connectivity index (χ0n) is 8.33. The van der Waals surface area contributed by atoms with Crippen LogP contribution in [0.1, 0.15) is 20.8 Å². The molecule has 0 unspecified atom stereocenters. The summed E-state index contributed by atoms with van der Waals surface area (Å²) < 4.78 is 0. The summed E-state index contributed by atoms with van der Waals surface area (Å²) in [4.78, 5) is 23.3. The second kappa shape index (κ2) is 4.07. The Kier molecular flexibility index (Phi) is 3.66. The van der Waals surface area contributed by atoms with E-state index in [1.165, 1.54) is 11.0 Å². The van der Waals surface area contributed by atoms with Gasteiger partial charge in [-0.3, -0.25) is 9.59 Å². The van der Waals surface area contributed by atoms with Gasteiger partial charge < -0.3 is 10.6 Å². The molecule has 0 rings (SSSR count). The van der Waals surface area contributed by atoms with Gasteiger partial charge in [-0.1, -0.05) is 6.58 Å². The third-order valence-corrected chi connectivity index (χ3v) is 1.56. The van der Waals surface area contributed by atoms with E-state index in [1.54, 1.807) is 0 Å². The first-order valence-corrected chi connectivity index (χ1v) is 4.01. The largest absolute Gasteiger partial charge is 0.368 e. The van der Waals surface area contributed by atoms with Gasteiger partial charge >= 0.3 is 0 Å². The lowest BCUT2D eigenvalue weighted by Gasteiger charge is -2.33. The first kappa shape index (κ1) is 11.7. The summed E-state index contributed by atoms with van der Waals surface area (Å²) in [6.07, 6.45) is 1.17. The summed E-state index contributed by atoms with van der Waals surface area (Å²) in [7, 11) is 0. The van der Waals surface area contributed by atoms with Gasteiger partial charge in [0.2, 0.25) is 11.8 Å². The fraction of sp³-hybridized carbons (Fsp3) is 0.556. The minimum atomic E-state index is -0.523. The smallest absolute Gasteiger partial charge is 0.246 e. The first-order valence-electron chi connectivity index (χ1n) is 4.01. The van der Waals surface area contributed by atoms with E-state index in [-0.39, 0.29) is 12.5 Å². The molecule has 0 aliphatic carbocycles. The molecule has 0 fully saturated rings. The van der Waals surface area contributed by atoms with Crippen molar-refractivity contribution in [1.29, 1.82) is 0 Å². The zero-order chi connectivity index (χ0) is 10.6. The molecular weight excluding hydrogens is 168 g/mol. The third-order valence-electron chi connectivity index (χ3n) is 1.56. The van der Waals surface area contributed by atoms with Crippen LogP contribution in [0.25, 0.3) is 0 Å². The Hall–Kier alpha value is -1.32. The Morgan fingerprint density at radius 1 is 1.46 bits per heavy atom. The molecule has 0 aliphatic rings. The number of hydrogen-bond donors (Lipinski definition) is 1. The summed E-state index contributed by atoms with van der Waals surface area (Å²) in [5, 5.41) is 0. The minimum Gasteiger partial charge on any atom is -0.368 e. The molecule has 4 nitrogen and oxygen atoms in total. The van der Waals surface area contributed by atoms with Crippen LogP contribution >= 0.6 is 0 Å². The SMILES string of the molecule is C=CC(=O)N(CC(N)=O)C(C)(C)C. The van der Waals surface area contributed by atoms with Crippen LogP contribution in [0.5, 0.6) is 0 Å². The lowest BCUT2D eigenvalue weighted by atomic mass is 10.1. The number of carbonyl (C=O) groups excluding carboxylic acids is 2. The average molecular weight is 184 g/mol. The van der Waals surface area contributed by atoms with E-state index in [4.69, 9.17) is 5.73 Å². The lowest BCUT2D eigenvalue weighted by Crippen LogP contribution is -2.48. The number of primary amides is 1. The van der Waals surface area contributed by atoms with Gasteiger partial charge in [0.25, 0.3) is 0 Å². The highest BCUT2D eigenvalue weighted by Crippen LogP contribution is 2.12. The van der Waals surface area contributed by atoms with Crippen molar-refractivity contribution in [3.05, 3.63) is 12.7 Å². The molecule has 0 aromatic rings. The maximum atomic E-state index is 11.3. The van der Waals surface area contributed by atoms with E-state index in [1.807, 2.05) is 20.8 Å². The van der Waals surface area contributed by atoms with Crippen molar-refractivity contribution in [1.82, 2.24) is 4.90 Å². The quantitative estimate of drug-likeness (QED) is 0.640. The molecule has 0 bridgehead atoms. The van der Waals surface area contributed by atoms with Crippen molar-refractivity contribution in [2.45, 2.75) is 26.3 Å². The van der Waals surface area contributed by atoms with Crippen LogP contribution in [-0.2, 0) is 9.59 Å². The summed E-state index contributed by atoms with van der Waals surface area (Å²) in [5.74, 6) is -0.809. The van der Waals surface area contributed by atoms with Crippen molar-refractivity contribution < 1.29 is 9.59 Å². The summed E-state index contributed by atoms with van der Waals surface area (Å²) >= 11 is 0. The van der Waals surface area contributed by atoms with E-state index >= 15 is 0 Å². The Morgan fingerprint density at radius 3 is 2.15 bits per heavy atom. The van der Waals surface area contributed by atoms with Crippen molar-refractivity contribution in [3.8, 4) is 0 Å². The molecule has 0 aromatic carbocycles. The van der Waals surface area contributed by atoms with Crippen molar-refractivity contribution in [2.75, 3.05) is 6.54 Å². The van der Waals surface area contributed by atoms with Gasteiger partial charge in [-0.25, -0.2) is 0 Å². The number of amides is 2. The molecule has 2 amide bonds. The van der Waals surface area contributed by atoms with Gasteiger partial charge in [0, 0.05) is 5.54 Å². The van der Waals surface area contributed by atoms with Crippen LogP contribution in [0.15, 0.2) is 12.7 Å². The monoisotopic (exact) mass is 184 g/mol. The third kappa shape index (κ3) is 3.73. The average Bonchev–Trinajstić information content (AvgIpc) is 1.96. The normalized spacial score (nSPS) is 10.7. The van der Waals surface area contributed by atoms with E-state index in [0.29, 0.717) is 0 Å². The van der Waals surface area contributed by atoms with Gasteiger partial charge in [0.15, 0.2) is 0 Å². The Labute approximate surface area is 78.4 Å². The fourth-order valence-corrected chi connectivity index (χ4v) is 0.912. The molecule has 4 heteroatoms. The van der Waals surface area contributed by atoms with Crippen LogP contribution < -0.4 is 5.73 Å². The molecule has 0 radical (unpaired) electrons. The molecule has 0 heterocycles. The van der Waals surface area contributed by atoms with E-state index in [2.05, 4.69) is 6.58 Å². The molecule has 13 heavy (non-hydrogen) atoms. The molecule has 0 aliphatic heterocycles. The lowest BCUT2D eigenvalue weighted by molar-refractivity contribution is -0.135. The predicted molar refractivity (Wildman–Crippen MR) is 50.9 cm³/mol. The molecule has 0 aromatic heterocycles. The van der Waals surface area contributed by atoms with E-state index in [0.717, 1.165) is 0 Å². The Balaban J connectivity index is 4.65. The molecule has 74 valence electrons. The van der Waals surface area contributed by atoms with Crippen molar-refractivity contribution in [3.63, 3.8) is 0 Å². The predicted octanol–water partition coefficient (Wildman–Crippen LogP) is 0.285. The molecule has 0 saturated heterocycles. The maximum Gasteiger partial charge on any atom is 0.246 e. The van der Waals surface area contributed by atoms with Crippen molar-refractivity contribution in [2.24, 2.45) is 5.73 Å². The Morgan fingerprint density at radius 2 is 1.92 bits per heavy atom. The number of hydrogen-bond acceptors (Lipinski definition) is 2. The van der Waals surface area contributed by atoms with Crippen LogP contribution in [0.3, 0.4) is 0 Å². The number of nitrogens with two attached hydrogens (primary N) is 1. The zero-order valence-corrected chi connectivity index (χ0v) is 8.33. The second-order valence-electron chi connectivity index (χ2n) is 3.77. The highest BCUT2D eigenvalue weighted by molar-refractivity contribution is 5.91. The van der Waals surface area contributed by atoms with Crippen LogP contribution in [-0.4, -0.2) is 28.8 Å². The van der Waals surface area contributed by atoms with Gasteiger partial charge in [-0.05, 0) is 26.8 Å². The molecular formula is C9H16N2O2. The van der Waals surface area contributed by atoms with Crippen LogP contribution in [0, 0.1) is 0 Å².